The fourth-order valence-electron chi connectivity index (χ4n) is 2.85. The fraction of sp³-hybridized carbons (Fsp3) is 0. The van der Waals surface area contributed by atoms with E-state index in [2.05, 4.69) is 36.4 Å². The van der Waals surface area contributed by atoms with Crippen LogP contribution in [0.25, 0.3) is 32.3 Å². The predicted octanol–water partition coefficient (Wildman–Crippen LogP) is 4.85. The number of hydrogen-bond donors (Lipinski definition) is 1. The second-order valence-corrected chi connectivity index (χ2v) is 4.83. The molecule has 0 saturated heterocycles. The number of rotatable bonds is 0. The van der Waals surface area contributed by atoms with Gasteiger partial charge in [0.25, 0.3) is 0 Å². The Kier molecular flexibility index (Phi) is 2.04. The van der Waals surface area contributed by atoms with E-state index in [4.69, 9.17) is 0 Å². The topological polar surface area (TPSA) is 20.2 Å². The zero-order valence-electron chi connectivity index (χ0n) is 10.3. The molecule has 0 saturated carbocycles. The Balaban J connectivity index is 2.40. The average Bonchev–Trinajstić information content (AvgIpc) is 2.47. The molecule has 0 bridgehead atoms. The van der Waals surface area contributed by atoms with Crippen molar-refractivity contribution in [2.24, 2.45) is 0 Å². The van der Waals surface area contributed by atoms with Crippen LogP contribution in [-0.4, -0.2) is 5.11 Å². The monoisotopic (exact) mass is 244 g/mol. The number of fused-ring (bicyclic) bond motifs is 5. The average molecular weight is 244 g/mol. The van der Waals surface area contributed by atoms with Gasteiger partial charge in [-0.05, 0) is 27.6 Å². The lowest BCUT2D eigenvalue weighted by Crippen LogP contribution is -1.81. The second kappa shape index (κ2) is 3.72. The van der Waals surface area contributed by atoms with Crippen molar-refractivity contribution in [2.45, 2.75) is 0 Å². The van der Waals surface area contributed by atoms with E-state index in [0.717, 1.165) is 21.5 Å². The summed E-state index contributed by atoms with van der Waals surface area (Å²) < 4.78 is 0. The van der Waals surface area contributed by atoms with E-state index in [1.54, 1.807) is 6.07 Å². The summed E-state index contributed by atoms with van der Waals surface area (Å²) in [7, 11) is 0. The van der Waals surface area contributed by atoms with Gasteiger partial charge in [-0.25, -0.2) is 0 Å². The molecule has 0 aliphatic heterocycles. The van der Waals surface area contributed by atoms with Crippen molar-refractivity contribution in [1.29, 1.82) is 0 Å². The summed E-state index contributed by atoms with van der Waals surface area (Å²) in [6.07, 6.45) is 0. The van der Waals surface area contributed by atoms with E-state index in [1.807, 2.05) is 24.3 Å². The lowest BCUT2D eigenvalue weighted by Gasteiger charge is -2.09. The zero-order valence-corrected chi connectivity index (χ0v) is 10.3. The highest BCUT2D eigenvalue weighted by Crippen LogP contribution is 2.36. The molecular formula is C18H12O. The fourth-order valence-corrected chi connectivity index (χ4v) is 2.85. The molecule has 4 aromatic rings. The van der Waals surface area contributed by atoms with Crippen LogP contribution < -0.4 is 0 Å². The van der Waals surface area contributed by atoms with Crippen LogP contribution in [0.4, 0.5) is 0 Å². The van der Waals surface area contributed by atoms with E-state index in [1.165, 1.54) is 10.8 Å². The van der Waals surface area contributed by atoms with Crippen LogP contribution in [0.15, 0.2) is 66.7 Å². The summed E-state index contributed by atoms with van der Waals surface area (Å²) >= 11 is 0. The maximum absolute atomic E-state index is 10.2. The Morgan fingerprint density at radius 3 is 2.00 bits per heavy atom. The summed E-state index contributed by atoms with van der Waals surface area (Å²) in [6.45, 7) is 0. The molecule has 0 heterocycles. The third kappa shape index (κ3) is 1.42. The first-order valence-electron chi connectivity index (χ1n) is 6.37. The van der Waals surface area contributed by atoms with Gasteiger partial charge in [0.15, 0.2) is 0 Å². The van der Waals surface area contributed by atoms with Gasteiger partial charge in [0.05, 0.1) is 0 Å². The van der Waals surface area contributed by atoms with Crippen LogP contribution in [-0.2, 0) is 0 Å². The maximum Gasteiger partial charge on any atom is 0.124 e. The van der Waals surface area contributed by atoms with Gasteiger partial charge in [-0.1, -0.05) is 60.7 Å². The SMILES string of the molecule is Oc1cccc2ccc3ccc4ccccc4c3c12. The van der Waals surface area contributed by atoms with E-state index >= 15 is 0 Å². The first-order chi connectivity index (χ1) is 9.34. The molecule has 0 aliphatic rings. The molecule has 1 N–H and O–H groups in total. The molecule has 0 fully saturated rings. The number of benzene rings is 4. The molecule has 1 nitrogen and oxygen atoms in total. The molecule has 0 radical (unpaired) electrons. The Bertz CT molecular complexity index is 917. The Labute approximate surface area is 110 Å². The minimum atomic E-state index is 0.347. The molecule has 1 heteroatoms. The largest absolute Gasteiger partial charge is 0.507 e. The number of phenolic OH excluding ortho intramolecular Hbond substituents is 1. The summed E-state index contributed by atoms with van der Waals surface area (Å²) in [4.78, 5) is 0. The van der Waals surface area contributed by atoms with Crippen molar-refractivity contribution in [3.8, 4) is 5.75 Å². The zero-order chi connectivity index (χ0) is 12.8. The van der Waals surface area contributed by atoms with Crippen molar-refractivity contribution in [3.05, 3.63) is 66.7 Å². The Hall–Kier alpha value is -2.54. The smallest absolute Gasteiger partial charge is 0.124 e. The minimum absolute atomic E-state index is 0.347. The van der Waals surface area contributed by atoms with E-state index in [9.17, 15) is 5.11 Å². The molecule has 0 aliphatic carbocycles. The van der Waals surface area contributed by atoms with E-state index in [0.29, 0.717) is 5.75 Å². The number of phenols is 1. The number of hydrogen-bond acceptors (Lipinski definition) is 1. The third-order valence-electron chi connectivity index (χ3n) is 3.73. The van der Waals surface area contributed by atoms with Crippen LogP contribution in [0.5, 0.6) is 5.75 Å². The van der Waals surface area contributed by atoms with Gasteiger partial charge in [0, 0.05) is 10.8 Å². The van der Waals surface area contributed by atoms with Gasteiger partial charge in [0.1, 0.15) is 5.75 Å². The molecule has 0 spiro atoms. The van der Waals surface area contributed by atoms with Crippen molar-refractivity contribution < 1.29 is 5.11 Å². The van der Waals surface area contributed by atoms with Gasteiger partial charge in [-0.3, -0.25) is 0 Å². The molecular weight excluding hydrogens is 232 g/mol. The summed E-state index contributed by atoms with van der Waals surface area (Å²) in [5, 5.41) is 16.9. The molecule has 0 aromatic heterocycles. The van der Waals surface area contributed by atoms with Gasteiger partial charge in [-0.15, -0.1) is 0 Å². The Morgan fingerprint density at radius 2 is 1.16 bits per heavy atom. The molecule has 4 aromatic carbocycles. The number of aromatic hydroxyl groups is 1. The summed E-state index contributed by atoms with van der Waals surface area (Å²) in [5.74, 6) is 0.347. The van der Waals surface area contributed by atoms with Gasteiger partial charge < -0.3 is 5.11 Å². The van der Waals surface area contributed by atoms with Crippen molar-refractivity contribution in [2.75, 3.05) is 0 Å². The highest BCUT2D eigenvalue weighted by molar-refractivity contribution is 6.21. The predicted molar refractivity (Wildman–Crippen MR) is 80.6 cm³/mol. The second-order valence-electron chi connectivity index (χ2n) is 4.83. The summed E-state index contributed by atoms with van der Waals surface area (Å²) in [6, 6.07) is 22.4. The summed E-state index contributed by atoms with van der Waals surface area (Å²) in [5.41, 5.74) is 0. The van der Waals surface area contributed by atoms with Gasteiger partial charge in [-0.2, -0.15) is 0 Å². The van der Waals surface area contributed by atoms with Crippen LogP contribution in [0.1, 0.15) is 0 Å². The molecule has 0 atom stereocenters. The molecule has 4 rings (SSSR count). The van der Waals surface area contributed by atoms with Crippen LogP contribution in [0.3, 0.4) is 0 Å². The highest BCUT2D eigenvalue weighted by Gasteiger charge is 2.07. The minimum Gasteiger partial charge on any atom is -0.507 e. The van der Waals surface area contributed by atoms with Crippen molar-refractivity contribution in [3.63, 3.8) is 0 Å². The lowest BCUT2D eigenvalue weighted by atomic mass is 9.96. The first-order valence-corrected chi connectivity index (χ1v) is 6.37. The van der Waals surface area contributed by atoms with Crippen molar-refractivity contribution >= 4 is 32.3 Å². The molecule has 90 valence electrons. The first kappa shape index (κ1) is 10.4. The van der Waals surface area contributed by atoms with E-state index in [-0.39, 0.29) is 0 Å². The third-order valence-corrected chi connectivity index (χ3v) is 3.73. The normalized spacial score (nSPS) is 11.4. The van der Waals surface area contributed by atoms with Gasteiger partial charge in [0.2, 0.25) is 0 Å². The van der Waals surface area contributed by atoms with Gasteiger partial charge >= 0.3 is 0 Å². The Morgan fingerprint density at radius 1 is 0.526 bits per heavy atom. The maximum atomic E-state index is 10.2. The highest BCUT2D eigenvalue weighted by atomic mass is 16.3. The van der Waals surface area contributed by atoms with E-state index < -0.39 is 0 Å². The standard InChI is InChI=1S/C18H12O/c19-16-7-3-5-13-10-11-14-9-8-12-4-1-2-6-15(12)17(14)18(13)16/h1-11,19H. The molecule has 0 unspecified atom stereocenters. The molecule has 0 amide bonds. The molecule has 19 heavy (non-hydrogen) atoms. The lowest BCUT2D eigenvalue weighted by molar-refractivity contribution is 0.482. The van der Waals surface area contributed by atoms with Crippen LogP contribution in [0, 0.1) is 0 Å². The quantitative estimate of drug-likeness (QED) is 0.438. The van der Waals surface area contributed by atoms with Crippen molar-refractivity contribution in [1.82, 2.24) is 0 Å². The van der Waals surface area contributed by atoms with Crippen LogP contribution >= 0.6 is 0 Å². The van der Waals surface area contributed by atoms with Crippen LogP contribution in [0.2, 0.25) is 0 Å².